The lowest BCUT2D eigenvalue weighted by Gasteiger charge is -2.29. The third-order valence-corrected chi connectivity index (χ3v) is 5.96. The number of pyridine rings is 1. The summed E-state index contributed by atoms with van der Waals surface area (Å²) >= 11 is 0. The normalized spacial score (nSPS) is 14.6. The molecule has 0 spiro atoms. The fraction of sp³-hybridized carbons (Fsp3) is 0.208. The van der Waals surface area contributed by atoms with Crippen molar-refractivity contribution in [1.29, 1.82) is 0 Å². The smallest absolute Gasteiger partial charge is 0.410 e. The molecule has 6 nitrogen and oxygen atoms in total. The Labute approximate surface area is 173 Å². The Morgan fingerprint density at radius 2 is 1.70 bits per heavy atom. The van der Waals surface area contributed by atoms with Crippen LogP contribution in [0.2, 0.25) is 0 Å². The highest BCUT2D eigenvalue weighted by atomic mass is 16.6. The molecular weight excluding hydrogens is 380 g/mol. The van der Waals surface area contributed by atoms with E-state index >= 15 is 0 Å². The molecule has 1 aliphatic carbocycles. The first kappa shape index (κ1) is 18.4. The van der Waals surface area contributed by atoms with E-state index in [0.29, 0.717) is 19.5 Å². The average molecular weight is 400 g/mol. The fourth-order valence-corrected chi connectivity index (χ4v) is 4.52. The van der Waals surface area contributed by atoms with Gasteiger partial charge in [0.05, 0.1) is 12.1 Å². The number of nitrogens with zero attached hydrogens (tertiary/aromatic N) is 2. The van der Waals surface area contributed by atoms with Crippen molar-refractivity contribution in [2.45, 2.75) is 18.9 Å². The minimum absolute atomic E-state index is 0.0127. The lowest BCUT2D eigenvalue weighted by atomic mass is 9.97. The number of fused-ring (bicyclic) bond motifs is 4. The van der Waals surface area contributed by atoms with Crippen LogP contribution in [0.15, 0.2) is 60.9 Å². The Hall–Kier alpha value is -3.67. The van der Waals surface area contributed by atoms with Gasteiger partial charge in [-0.3, -0.25) is 4.98 Å². The van der Waals surface area contributed by atoms with Gasteiger partial charge in [0.15, 0.2) is 0 Å². The summed E-state index contributed by atoms with van der Waals surface area (Å²) in [5, 5.41) is 9.34. The van der Waals surface area contributed by atoms with Crippen LogP contribution in [-0.2, 0) is 17.7 Å². The second-order valence-electron chi connectivity index (χ2n) is 7.61. The van der Waals surface area contributed by atoms with E-state index in [1.54, 1.807) is 11.1 Å². The van der Waals surface area contributed by atoms with Gasteiger partial charge in [-0.25, -0.2) is 9.59 Å². The number of hydrogen-bond acceptors (Lipinski definition) is 4. The van der Waals surface area contributed by atoms with E-state index in [1.165, 1.54) is 28.5 Å². The van der Waals surface area contributed by atoms with Crippen molar-refractivity contribution in [1.82, 2.24) is 9.88 Å². The zero-order chi connectivity index (χ0) is 20.7. The van der Waals surface area contributed by atoms with Gasteiger partial charge < -0.3 is 14.7 Å². The van der Waals surface area contributed by atoms with Crippen LogP contribution in [0.25, 0.3) is 11.1 Å². The second-order valence-corrected chi connectivity index (χ2v) is 7.61. The van der Waals surface area contributed by atoms with Gasteiger partial charge in [0, 0.05) is 24.9 Å². The van der Waals surface area contributed by atoms with Gasteiger partial charge in [0.1, 0.15) is 6.61 Å². The third kappa shape index (κ3) is 3.01. The van der Waals surface area contributed by atoms with Gasteiger partial charge in [-0.15, -0.1) is 0 Å². The zero-order valence-electron chi connectivity index (χ0n) is 16.2. The number of aromatic nitrogens is 1. The molecule has 0 atom stereocenters. The highest BCUT2D eigenvalue weighted by Crippen LogP contribution is 2.44. The molecule has 2 aliphatic rings. The molecule has 0 unspecified atom stereocenters. The fourth-order valence-electron chi connectivity index (χ4n) is 4.52. The minimum atomic E-state index is -0.992. The van der Waals surface area contributed by atoms with Crippen LogP contribution in [-0.4, -0.2) is 40.2 Å². The van der Waals surface area contributed by atoms with Crippen LogP contribution >= 0.6 is 0 Å². The summed E-state index contributed by atoms with van der Waals surface area (Å²) in [6.07, 6.45) is 3.08. The van der Waals surface area contributed by atoms with Gasteiger partial charge in [-0.05, 0) is 39.8 Å². The van der Waals surface area contributed by atoms with E-state index in [2.05, 4.69) is 29.2 Å². The summed E-state index contributed by atoms with van der Waals surface area (Å²) in [4.78, 5) is 29.8. The van der Waals surface area contributed by atoms with Gasteiger partial charge in [0.25, 0.3) is 0 Å². The molecule has 5 rings (SSSR count). The molecule has 0 bridgehead atoms. The van der Waals surface area contributed by atoms with Crippen molar-refractivity contribution in [3.63, 3.8) is 0 Å². The molecular formula is C24H20N2O4. The van der Waals surface area contributed by atoms with Crippen molar-refractivity contribution in [2.24, 2.45) is 0 Å². The first-order valence-electron chi connectivity index (χ1n) is 9.92. The van der Waals surface area contributed by atoms with Crippen LogP contribution in [0.3, 0.4) is 0 Å². The summed E-state index contributed by atoms with van der Waals surface area (Å²) in [5.74, 6) is -0.979. The molecule has 0 saturated carbocycles. The summed E-state index contributed by atoms with van der Waals surface area (Å²) in [5.41, 5.74) is 6.44. The predicted molar refractivity (Wildman–Crippen MR) is 110 cm³/mol. The average Bonchev–Trinajstić information content (AvgIpc) is 3.10. The van der Waals surface area contributed by atoms with Crippen LogP contribution in [0.5, 0.6) is 0 Å². The molecule has 1 aromatic heterocycles. The molecule has 1 N–H and O–H groups in total. The number of carboxylic acid groups (broad SMARTS) is 1. The first-order valence-corrected chi connectivity index (χ1v) is 9.92. The number of carbonyl (C=O) groups excluding carboxylic acids is 1. The van der Waals surface area contributed by atoms with Crippen LogP contribution < -0.4 is 0 Å². The van der Waals surface area contributed by atoms with Gasteiger partial charge in [0.2, 0.25) is 0 Å². The number of carbonyl (C=O) groups is 2. The summed E-state index contributed by atoms with van der Waals surface area (Å²) in [7, 11) is 0. The number of amides is 1. The van der Waals surface area contributed by atoms with Gasteiger partial charge in [-0.1, -0.05) is 48.5 Å². The third-order valence-electron chi connectivity index (χ3n) is 5.96. The molecule has 2 heterocycles. The molecule has 1 aliphatic heterocycles. The molecule has 6 heteroatoms. The van der Waals surface area contributed by atoms with Gasteiger partial charge >= 0.3 is 12.1 Å². The lowest BCUT2D eigenvalue weighted by molar-refractivity contribution is 0.0694. The molecule has 1 amide bonds. The molecule has 0 saturated heterocycles. The Kier molecular flexibility index (Phi) is 4.47. The largest absolute Gasteiger partial charge is 0.478 e. The number of benzene rings is 2. The highest BCUT2D eigenvalue weighted by Gasteiger charge is 2.31. The van der Waals surface area contributed by atoms with Crippen molar-refractivity contribution in [3.05, 3.63) is 88.7 Å². The summed E-state index contributed by atoms with van der Waals surface area (Å²) in [6, 6.07) is 16.4. The van der Waals surface area contributed by atoms with Gasteiger partial charge in [-0.2, -0.15) is 0 Å². The maximum Gasteiger partial charge on any atom is 0.410 e. The van der Waals surface area contributed by atoms with Crippen molar-refractivity contribution in [3.8, 4) is 11.1 Å². The van der Waals surface area contributed by atoms with Crippen molar-refractivity contribution >= 4 is 12.1 Å². The number of hydrogen-bond donors (Lipinski definition) is 1. The molecule has 2 aromatic carbocycles. The monoisotopic (exact) mass is 400 g/mol. The molecule has 3 aromatic rings. The topological polar surface area (TPSA) is 79.7 Å². The van der Waals surface area contributed by atoms with Crippen molar-refractivity contribution < 1.29 is 19.4 Å². The van der Waals surface area contributed by atoms with E-state index in [9.17, 15) is 14.7 Å². The molecule has 0 radical (unpaired) electrons. The first-order chi connectivity index (χ1) is 14.6. The quantitative estimate of drug-likeness (QED) is 0.716. The Morgan fingerprint density at radius 1 is 1.03 bits per heavy atom. The Balaban J connectivity index is 1.32. The van der Waals surface area contributed by atoms with Crippen molar-refractivity contribution in [2.75, 3.05) is 13.2 Å². The minimum Gasteiger partial charge on any atom is -0.478 e. The second kappa shape index (κ2) is 7.30. The number of ether oxygens (including phenoxy) is 1. The number of aromatic carboxylic acids is 1. The predicted octanol–water partition coefficient (Wildman–Crippen LogP) is 4.09. The standard InChI is InChI=1S/C24H20N2O4/c27-23(28)21-12-25-11-15-13-26(10-9-16(15)21)24(29)30-14-22-19-7-3-1-5-17(19)18-6-2-4-8-20(18)22/h1-8,11-12,22H,9-10,13-14H2,(H,27,28). The van der Waals surface area contributed by atoms with E-state index in [0.717, 1.165) is 11.1 Å². The highest BCUT2D eigenvalue weighted by molar-refractivity contribution is 5.89. The summed E-state index contributed by atoms with van der Waals surface area (Å²) in [6.45, 7) is 0.998. The van der Waals surface area contributed by atoms with Crippen LogP contribution in [0, 0.1) is 0 Å². The maximum atomic E-state index is 12.8. The maximum absolute atomic E-state index is 12.8. The van der Waals surface area contributed by atoms with E-state index in [4.69, 9.17) is 4.74 Å². The van der Waals surface area contributed by atoms with E-state index in [-0.39, 0.29) is 24.2 Å². The summed E-state index contributed by atoms with van der Waals surface area (Å²) < 4.78 is 5.72. The molecule has 150 valence electrons. The lowest BCUT2D eigenvalue weighted by Crippen LogP contribution is -2.37. The Morgan fingerprint density at radius 3 is 2.37 bits per heavy atom. The zero-order valence-corrected chi connectivity index (χ0v) is 16.2. The molecule has 30 heavy (non-hydrogen) atoms. The molecule has 0 fully saturated rings. The van der Waals surface area contributed by atoms with E-state index in [1.807, 2.05) is 24.3 Å². The van der Waals surface area contributed by atoms with Crippen LogP contribution in [0.4, 0.5) is 4.79 Å². The van der Waals surface area contributed by atoms with E-state index < -0.39 is 5.97 Å². The Bertz CT molecular complexity index is 1110. The van der Waals surface area contributed by atoms with Crippen LogP contribution in [0.1, 0.15) is 38.5 Å². The number of carboxylic acids is 1. The SMILES string of the molecule is O=C(O)c1cncc2c1CCN(C(=O)OCC1c3ccccc3-c3ccccc31)C2. The number of rotatable bonds is 3.